The third-order valence-electron chi connectivity index (χ3n) is 10.6. The molecule has 2 unspecified atom stereocenters. The van der Waals surface area contributed by atoms with Gasteiger partial charge >= 0.3 is 0 Å². The molecule has 0 fully saturated rings. The molecule has 0 bridgehead atoms. The van der Waals surface area contributed by atoms with Gasteiger partial charge < -0.3 is 11.5 Å². The Morgan fingerprint density at radius 2 is 0.750 bits per heavy atom. The minimum Gasteiger partial charge on any atom is -0.399 e. The number of nitrogens with two attached hydrogens (primary N) is 2. The van der Waals surface area contributed by atoms with Gasteiger partial charge in [-0.05, 0) is 102 Å². The summed E-state index contributed by atoms with van der Waals surface area (Å²) in [6, 6.07) is 32.2. The van der Waals surface area contributed by atoms with Gasteiger partial charge in [-0.15, -0.1) is 0 Å². The molecule has 4 rings (SSSR count). The first-order valence-electron chi connectivity index (χ1n) is 19.3. The third-order valence-corrected chi connectivity index (χ3v) is 10.6. The van der Waals surface area contributed by atoms with E-state index in [4.69, 9.17) is 11.5 Å². The van der Waals surface area contributed by atoms with E-state index in [2.05, 4.69) is 120 Å². The standard InChI is InChI=1S/C46H64N2/c1-6-9-10-11-12-13-14-15-16-19-44(36-20-24-38(25-21-36)45(17-7-2)42-30-28-40(47)32-34(42)4)37-22-26-39(27-23-37)46(18-8-3)43-31-29-41(48)33-35(43)5/h20-33,44-46H,6-19,47-48H2,1-5H3. The molecular formula is C46H64N2. The second kappa shape index (κ2) is 19.5. The Balaban J connectivity index is 1.56. The molecule has 2 heteroatoms. The predicted octanol–water partition coefficient (Wildman–Crippen LogP) is 13.4. The highest BCUT2D eigenvalue weighted by Gasteiger charge is 2.20. The summed E-state index contributed by atoms with van der Waals surface area (Å²) in [6.07, 6.45) is 18.0. The molecule has 0 spiro atoms. The maximum absolute atomic E-state index is 6.12. The largest absolute Gasteiger partial charge is 0.399 e. The van der Waals surface area contributed by atoms with Crippen LogP contribution in [-0.2, 0) is 0 Å². The highest BCUT2D eigenvalue weighted by Crippen LogP contribution is 2.37. The van der Waals surface area contributed by atoms with Crippen LogP contribution in [0.1, 0.15) is 173 Å². The lowest BCUT2D eigenvalue weighted by atomic mass is 9.81. The molecule has 0 radical (unpaired) electrons. The number of unbranched alkanes of at least 4 members (excludes halogenated alkanes) is 8. The fourth-order valence-electron chi connectivity index (χ4n) is 7.87. The molecule has 48 heavy (non-hydrogen) atoms. The quantitative estimate of drug-likeness (QED) is 0.0743. The minimum absolute atomic E-state index is 0.395. The van der Waals surface area contributed by atoms with Gasteiger partial charge in [0, 0.05) is 29.1 Å². The molecule has 0 aliphatic carbocycles. The molecule has 0 aliphatic heterocycles. The summed E-state index contributed by atoms with van der Waals surface area (Å²) in [4.78, 5) is 0. The lowest BCUT2D eigenvalue weighted by molar-refractivity contribution is 0.545. The summed E-state index contributed by atoms with van der Waals surface area (Å²) in [5.41, 5.74) is 25.0. The van der Waals surface area contributed by atoms with Crippen LogP contribution >= 0.6 is 0 Å². The van der Waals surface area contributed by atoms with E-state index >= 15 is 0 Å². The van der Waals surface area contributed by atoms with E-state index in [-0.39, 0.29) is 0 Å². The Kier molecular flexibility index (Phi) is 15.1. The molecule has 2 nitrogen and oxygen atoms in total. The van der Waals surface area contributed by atoms with Gasteiger partial charge in [-0.25, -0.2) is 0 Å². The summed E-state index contributed by atoms with van der Waals surface area (Å²) in [5.74, 6) is 1.20. The van der Waals surface area contributed by atoms with Gasteiger partial charge in [-0.1, -0.05) is 152 Å². The van der Waals surface area contributed by atoms with Crippen LogP contribution in [0.4, 0.5) is 11.4 Å². The van der Waals surface area contributed by atoms with E-state index in [1.54, 1.807) is 0 Å². The zero-order chi connectivity index (χ0) is 34.3. The zero-order valence-corrected chi connectivity index (χ0v) is 30.9. The Labute approximate surface area is 293 Å². The van der Waals surface area contributed by atoms with Crippen LogP contribution in [0.2, 0.25) is 0 Å². The lowest BCUT2D eigenvalue weighted by Crippen LogP contribution is -2.07. The van der Waals surface area contributed by atoms with Gasteiger partial charge in [-0.2, -0.15) is 0 Å². The van der Waals surface area contributed by atoms with Crippen molar-refractivity contribution >= 4 is 11.4 Å². The van der Waals surface area contributed by atoms with Gasteiger partial charge in [0.05, 0.1) is 0 Å². The molecule has 4 aromatic carbocycles. The number of nitrogen functional groups attached to an aromatic ring is 2. The van der Waals surface area contributed by atoms with Crippen molar-refractivity contribution in [3.05, 3.63) is 129 Å². The van der Waals surface area contributed by atoms with Crippen LogP contribution in [0.25, 0.3) is 0 Å². The van der Waals surface area contributed by atoms with Crippen molar-refractivity contribution in [3.8, 4) is 0 Å². The van der Waals surface area contributed by atoms with E-state index in [1.807, 2.05) is 0 Å². The highest BCUT2D eigenvalue weighted by molar-refractivity contribution is 5.50. The summed E-state index contributed by atoms with van der Waals surface area (Å²) in [5, 5.41) is 0. The number of hydrogen-bond donors (Lipinski definition) is 2. The first kappa shape index (κ1) is 37.3. The molecule has 258 valence electrons. The van der Waals surface area contributed by atoms with Crippen LogP contribution < -0.4 is 11.5 Å². The van der Waals surface area contributed by atoms with Gasteiger partial charge in [0.15, 0.2) is 0 Å². The molecular weight excluding hydrogens is 581 g/mol. The monoisotopic (exact) mass is 645 g/mol. The predicted molar refractivity (Wildman–Crippen MR) is 211 cm³/mol. The maximum atomic E-state index is 6.12. The number of aryl methyl sites for hydroxylation is 2. The van der Waals surface area contributed by atoms with Gasteiger partial charge in [0.2, 0.25) is 0 Å². The fraction of sp³-hybridized carbons (Fsp3) is 0.478. The SMILES string of the molecule is CCCCCCCCCCCC(c1ccc(C(CCC)c2ccc(N)cc2C)cc1)c1ccc(C(CCC)c2ccc(N)cc2C)cc1. The first-order chi connectivity index (χ1) is 23.4. The fourth-order valence-corrected chi connectivity index (χ4v) is 7.87. The van der Waals surface area contributed by atoms with E-state index in [1.165, 1.54) is 109 Å². The molecule has 0 aliphatic rings. The second-order valence-electron chi connectivity index (χ2n) is 14.4. The van der Waals surface area contributed by atoms with Crippen molar-refractivity contribution in [2.45, 2.75) is 142 Å². The summed E-state index contributed by atoms with van der Waals surface area (Å²) >= 11 is 0. The zero-order valence-electron chi connectivity index (χ0n) is 30.9. The number of benzene rings is 4. The molecule has 0 heterocycles. The molecule has 0 saturated heterocycles. The Morgan fingerprint density at radius 3 is 1.10 bits per heavy atom. The van der Waals surface area contributed by atoms with Crippen LogP contribution in [0.3, 0.4) is 0 Å². The van der Waals surface area contributed by atoms with Gasteiger partial charge in [0.25, 0.3) is 0 Å². The van der Waals surface area contributed by atoms with Crippen LogP contribution in [-0.4, -0.2) is 0 Å². The van der Waals surface area contributed by atoms with Gasteiger partial charge in [0.1, 0.15) is 0 Å². The molecule has 4 N–H and O–H groups in total. The lowest BCUT2D eigenvalue weighted by Gasteiger charge is -2.24. The van der Waals surface area contributed by atoms with Crippen molar-refractivity contribution < 1.29 is 0 Å². The maximum Gasteiger partial charge on any atom is 0.0316 e. The van der Waals surface area contributed by atoms with E-state index in [0.717, 1.165) is 37.1 Å². The van der Waals surface area contributed by atoms with Crippen molar-refractivity contribution in [2.75, 3.05) is 11.5 Å². The average Bonchev–Trinajstić information content (AvgIpc) is 3.08. The average molecular weight is 645 g/mol. The summed E-state index contributed by atoms with van der Waals surface area (Å²) in [7, 11) is 0. The van der Waals surface area contributed by atoms with Crippen molar-refractivity contribution in [2.24, 2.45) is 0 Å². The minimum atomic E-state index is 0.395. The van der Waals surface area contributed by atoms with Crippen LogP contribution in [0.5, 0.6) is 0 Å². The Bertz CT molecular complexity index is 1400. The van der Waals surface area contributed by atoms with Crippen molar-refractivity contribution in [1.29, 1.82) is 0 Å². The molecule has 2 atom stereocenters. The Hall–Kier alpha value is -3.52. The molecule has 4 aromatic rings. The molecule has 0 aromatic heterocycles. The number of hydrogen-bond acceptors (Lipinski definition) is 2. The smallest absolute Gasteiger partial charge is 0.0316 e. The summed E-state index contributed by atoms with van der Waals surface area (Å²) < 4.78 is 0. The van der Waals surface area contributed by atoms with E-state index in [9.17, 15) is 0 Å². The van der Waals surface area contributed by atoms with Crippen molar-refractivity contribution in [1.82, 2.24) is 0 Å². The Morgan fingerprint density at radius 1 is 0.396 bits per heavy atom. The normalized spacial score (nSPS) is 13.4. The second-order valence-corrected chi connectivity index (χ2v) is 14.4. The first-order valence-corrected chi connectivity index (χ1v) is 19.3. The van der Waals surface area contributed by atoms with E-state index in [0.29, 0.717) is 17.8 Å². The van der Waals surface area contributed by atoms with Gasteiger partial charge in [-0.3, -0.25) is 0 Å². The molecule has 0 saturated carbocycles. The van der Waals surface area contributed by atoms with E-state index < -0.39 is 0 Å². The van der Waals surface area contributed by atoms with Crippen LogP contribution in [0.15, 0.2) is 84.9 Å². The highest BCUT2D eigenvalue weighted by atomic mass is 14.5. The topological polar surface area (TPSA) is 52.0 Å². The van der Waals surface area contributed by atoms with Crippen LogP contribution in [0, 0.1) is 13.8 Å². The van der Waals surface area contributed by atoms with Crippen molar-refractivity contribution in [3.63, 3.8) is 0 Å². The number of anilines is 2. The third kappa shape index (κ3) is 10.5. The molecule has 0 amide bonds. The number of rotatable bonds is 20. The summed E-state index contributed by atoms with van der Waals surface area (Å²) in [6.45, 7) is 11.3.